The molecule has 1 saturated heterocycles. The molecule has 0 aliphatic carbocycles. The van der Waals surface area contributed by atoms with E-state index in [1.807, 2.05) is 24.3 Å². The molecule has 0 spiro atoms. The van der Waals surface area contributed by atoms with Crippen molar-refractivity contribution >= 4 is 27.7 Å². The van der Waals surface area contributed by atoms with Crippen LogP contribution in [0.15, 0.2) is 39.3 Å². The van der Waals surface area contributed by atoms with Crippen LogP contribution in [0.3, 0.4) is 0 Å². The molecular formula is C19H25BrN4O4. The van der Waals surface area contributed by atoms with Crippen molar-refractivity contribution in [3.8, 4) is 5.75 Å². The Morgan fingerprint density at radius 1 is 1.32 bits per heavy atom. The third kappa shape index (κ3) is 6.59. The zero-order valence-electron chi connectivity index (χ0n) is 15.8. The first-order valence-electron chi connectivity index (χ1n) is 9.22. The quantitative estimate of drug-likeness (QED) is 0.629. The lowest BCUT2D eigenvalue weighted by Crippen LogP contribution is -2.50. The molecule has 1 atom stereocenters. The average Bonchev–Trinajstić information content (AvgIpc) is 3.06. The third-order valence-electron chi connectivity index (χ3n) is 4.43. The van der Waals surface area contributed by atoms with E-state index in [0.717, 1.165) is 36.4 Å². The van der Waals surface area contributed by atoms with Crippen LogP contribution in [-0.2, 0) is 4.79 Å². The molecule has 0 saturated carbocycles. The molecular weight excluding hydrogens is 428 g/mol. The van der Waals surface area contributed by atoms with Gasteiger partial charge in [-0.1, -0.05) is 27.2 Å². The van der Waals surface area contributed by atoms with Gasteiger partial charge in [0.2, 0.25) is 5.91 Å². The van der Waals surface area contributed by atoms with Crippen molar-refractivity contribution in [3.63, 3.8) is 0 Å². The summed E-state index contributed by atoms with van der Waals surface area (Å²) in [7, 11) is 0. The number of anilines is 1. The number of aliphatic hydroxyl groups is 1. The van der Waals surface area contributed by atoms with Gasteiger partial charge in [0.15, 0.2) is 5.82 Å². The minimum atomic E-state index is -0.566. The Labute approximate surface area is 172 Å². The Hall–Kier alpha value is -1.94. The van der Waals surface area contributed by atoms with E-state index in [1.165, 1.54) is 0 Å². The average molecular weight is 453 g/mol. The van der Waals surface area contributed by atoms with Crippen molar-refractivity contribution in [2.75, 3.05) is 51.2 Å². The number of β-amino-alcohol motifs (C(OH)–C–C–N with tert-alkyl or cyclic N) is 1. The van der Waals surface area contributed by atoms with Gasteiger partial charge in [-0.25, -0.2) is 0 Å². The highest BCUT2D eigenvalue weighted by Gasteiger charge is 2.21. The van der Waals surface area contributed by atoms with Crippen LogP contribution in [0.1, 0.15) is 5.76 Å². The fraction of sp³-hybridized carbons (Fsp3) is 0.474. The van der Waals surface area contributed by atoms with Gasteiger partial charge in [0.25, 0.3) is 0 Å². The summed E-state index contributed by atoms with van der Waals surface area (Å²) in [5, 5.41) is 16.7. The summed E-state index contributed by atoms with van der Waals surface area (Å²) in [5.74, 6) is 1.72. The smallest absolute Gasteiger partial charge is 0.239 e. The molecule has 28 heavy (non-hydrogen) atoms. The fourth-order valence-corrected chi connectivity index (χ4v) is 3.42. The second-order valence-corrected chi connectivity index (χ2v) is 7.79. The number of hydrogen-bond donors (Lipinski definition) is 2. The summed E-state index contributed by atoms with van der Waals surface area (Å²) in [5.41, 5.74) is 0. The van der Waals surface area contributed by atoms with E-state index >= 15 is 0 Å². The van der Waals surface area contributed by atoms with Gasteiger partial charge >= 0.3 is 0 Å². The highest BCUT2D eigenvalue weighted by molar-refractivity contribution is 9.10. The molecule has 1 aromatic carbocycles. The van der Waals surface area contributed by atoms with Gasteiger partial charge in [-0.05, 0) is 25.1 Å². The molecule has 0 bridgehead atoms. The van der Waals surface area contributed by atoms with Gasteiger partial charge in [0.05, 0.1) is 6.54 Å². The van der Waals surface area contributed by atoms with Crippen LogP contribution < -0.4 is 10.1 Å². The Morgan fingerprint density at radius 3 is 2.75 bits per heavy atom. The number of rotatable bonds is 8. The summed E-state index contributed by atoms with van der Waals surface area (Å²) in [6.07, 6.45) is -0.566. The lowest BCUT2D eigenvalue weighted by Gasteiger charge is -2.35. The van der Waals surface area contributed by atoms with E-state index in [1.54, 1.807) is 13.0 Å². The van der Waals surface area contributed by atoms with E-state index in [-0.39, 0.29) is 12.5 Å². The SMILES string of the molecule is Cc1cc(NC(=O)CN2CCN(CC(O)COc3cccc(Br)c3)CC2)no1. The topological polar surface area (TPSA) is 91.1 Å². The molecule has 3 rings (SSSR count). The number of hydrogen-bond acceptors (Lipinski definition) is 7. The van der Waals surface area contributed by atoms with E-state index in [9.17, 15) is 9.90 Å². The van der Waals surface area contributed by atoms with Gasteiger partial charge in [-0.15, -0.1) is 0 Å². The van der Waals surface area contributed by atoms with Gasteiger partial charge < -0.3 is 19.7 Å². The lowest BCUT2D eigenvalue weighted by molar-refractivity contribution is -0.117. The molecule has 8 nitrogen and oxygen atoms in total. The lowest BCUT2D eigenvalue weighted by atomic mass is 10.2. The number of carbonyl (C=O) groups is 1. The molecule has 9 heteroatoms. The molecule has 1 amide bonds. The van der Waals surface area contributed by atoms with Gasteiger partial charge in [0.1, 0.15) is 24.2 Å². The minimum Gasteiger partial charge on any atom is -0.491 e. The molecule has 1 aliphatic rings. The minimum absolute atomic E-state index is 0.107. The monoisotopic (exact) mass is 452 g/mol. The number of ether oxygens (including phenoxy) is 1. The number of benzene rings is 1. The maximum atomic E-state index is 12.1. The number of piperazine rings is 1. The molecule has 1 unspecified atom stereocenters. The first-order valence-corrected chi connectivity index (χ1v) is 10.0. The summed E-state index contributed by atoms with van der Waals surface area (Å²) >= 11 is 3.40. The number of carbonyl (C=O) groups excluding carboxylic acids is 1. The molecule has 1 aliphatic heterocycles. The number of aromatic nitrogens is 1. The predicted octanol–water partition coefficient (Wildman–Crippen LogP) is 1.74. The second-order valence-electron chi connectivity index (χ2n) is 6.87. The van der Waals surface area contributed by atoms with Crippen LogP contribution in [0.5, 0.6) is 5.75 Å². The number of halogens is 1. The maximum Gasteiger partial charge on any atom is 0.239 e. The molecule has 2 aromatic rings. The maximum absolute atomic E-state index is 12.1. The van der Waals surface area contributed by atoms with E-state index < -0.39 is 6.10 Å². The number of nitrogens with one attached hydrogen (secondary N) is 1. The van der Waals surface area contributed by atoms with Crippen molar-refractivity contribution < 1.29 is 19.2 Å². The highest BCUT2D eigenvalue weighted by Crippen LogP contribution is 2.18. The summed E-state index contributed by atoms with van der Waals surface area (Å²) in [4.78, 5) is 16.4. The number of aliphatic hydroxyl groups excluding tert-OH is 1. The Kier molecular flexibility index (Phi) is 7.43. The van der Waals surface area contributed by atoms with E-state index in [0.29, 0.717) is 24.7 Å². The highest BCUT2D eigenvalue weighted by atomic mass is 79.9. The number of nitrogens with zero attached hydrogens (tertiary/aromatic N) is 3. The zero-order chi connectivity index (χ0) is 19.9. The molecule has 2 heterocycles. The van der Waals surface area contributed by atoms with Crippen LogP contribution >= 0.6 is 15.9 Å². The zero-order valence-corrected chi connectivity index (χ0v) is 17.4. The van der Waals surface area contributed by atoms with Crippen molar-refractivity contribution in [2.24, 2.45) is 0 Å². The van der Waals surface area contributed by atoms with Crippen LogP contribution in [0.25, 0.3) is 0 Å². The van der Waals surface area contributed by atoms with Crippen molar-refractivity contribution in [1.29, 1.82) is 0 Å². The van der Waals surface area contributed by atoms with Gasteiger partial charge in [0, 0.05) is 43.3 Å². The summed E-state index contributed by atoms with van der Waals surface area (Å²) < 4.78 is 11.5. The van der Waals surface area contributed by atoms with Crippen molar-refractivity contribution in [3.05, 3.63) is 40.6 Å². The van der Waals surface area contributed by atoms with E-state index in [4.69, 9.17) is 9.26 Å². The first kappa shape index (κ1) is 20.8. The standard InChI is InChI=1S/C19H25BrN4O4/c1-14-9-18(22-28-14)21-19(26)12-24-7-5-23(6-8-24)11-16(25)13-27-17-4-2-3-15(20)10-17/h2-4,9-10,16,25H,5-8,11-13H2,1H3,(H,21,22,26). The first-order chi connectivity index (χ1) is 13.5. The van der Waals surface area contributed by atoms with Gasteiger partial charge in [-0.2, -0.15) is 0 Å². The molecule has 0 radical (unpaired) electrons. The molecule has 1 fully saturated rings. The molecule has 2 N–H and O–H groups in total. The van der Waals surface area contributed by atoms with Crippen LogP contribution in [0, 0.1) is 6.92 Å². The fourth-order valence-electron chi connectivity index (χ4n) is 3.04. The van der Waals surface area contributed by atoms with Crippen molar-refractivity contribution in [1.82, 2.24) is 15.0 Å². The van der Waals surface area contributed by atoms with E-state index in [2.05, 4.69) is 36.2 Å². The van der Waals surface area contributed by atoms with Crippen LogP contribution in [-0.4, -0.2) is 77.9 Å². The van der Waals surface area contributed by atoms with Gasteiger partial charge in [-0.3, -0.25) is 14.6 Å². The predicted molar refractivity (Wildman–Crippen MR) is 108 cm³/mol. The third-order valence-corrected chi connectivity index (χ3v) is 4.93. The van der Waals surface area contributed by atoms with Crippen molar-refractivity contribution in [2.45, 2.75) is 13.0 Å². The second kappa shape index (κ2) is 10.0. The normalized spacial score (nSPS) is 16.7. The summed E-state index contributed by atoms with van der Waals surface area (Å²) in [6, 6.07) is 9.24. The largest absolute Gasteiger partial charge is 0.491 e. The number of amides is 1. The molecule has 1 aromatic heterocycles. The Morgan fingerprint density at radius 2 is 2.07 bits per heavy atom. The molecule has 152 valence electrons. The Balaban J connectivity index is 1.33. The van der Waals surface area contributed by atoms with Crippen LogP contribution in [0.4, 0.5) is 5.82 Å². The number of aryl methyl sites for hydroxylation is 1. The Bertz CT molecular complexity index is 777. The van der Waals surface area contributed by atoms with Crippen LogP contribution in [0.2, 0.25) is 0 Å². The summed E-state index contributed by atoms with van der Waals surface area (Å²) in [6.45, 7) is 6.01.